The first-order chi connectivity index (χ1) is 9.86. The monoisotopic (exact) mass is 328 g/mol. The summed E-state index contributed by atoms with van der Waals surface area (Å²) in [6.07, 6.45) is 0.207. The van der Waals surface area contributed by atoms with Gasteiger partial charge in [-0.15, -0.1) is 0 Å². The number of ether oxygens (including phenoxy) is 1. The maximum absolute atomic E-state index is 10.9. The van der Waals surface area contributed by atoms with Crippen LogP contribution >= 0.6 is 23.2 Å². The highest BCUT2D eigenvalue weighted by atomic mass is 35.5. The molecule has 21 heavy (non-hydrogen) atoms. The molecule has 1 aromatic heterocycles. The smallest absolute Gasteiger partial charge is 0.309 e. The largest absolute Gasteiger partial charge is 0.499 e. The molecule has 2 aromatic rings. The lowest BCUT2D eigenvalue weighted by atomic mass is 10.1. The number of carbonyl (C=O) groups is 1. The van der Waals surface area contributed by atoms with E-state index in [0.717, 1.165) is 12.5 Å². The molecular weight excluding hydrogens is 319 g/mol. The molecule has 0 atom stereocenters. The summed E-state index contributed by atoms with van der Waals surface area (Å²) in [5, 5.41) is 19.8. The molecule has 110 valence electrons. The molecule has 1 heterocycles. The van der Waals surface area contributed by atoms with Gasteiger partial charge >= 0.3 is 5.97 Å². The Morgan fingerprint density at radius 2 is 1.95 bits per heavy atom. The number of esters is 1. The number of aromatic hydroxyl groups is 2. The molecular formula is C13H10Cl2N2O4. The zero-order valence-electron chi connectivity index (χ0n) is 10.8. The minimum Gasteiger partial charge on any atom is -0.499 e. The van der Waals surface area contributed by atoms with Crippen LogP contribution in [0, 0.1) is 0 Å². The summed E-state index contributed by atoms with van der Waals surface area (Å²) < 4.78 is 4.70. The standard InChI is InChI=1S/C13H10Cl2N2O4/c1-6(18)21-13-11(19)12(20)16-10(17-13)5-7-2-3-8(14)9(15)4-7/h2-4,19H,5H2,1H3,(H,16,17,20). The molecule has 0 bridgehead atoms. The van der Waals surface area contributed by atoms with Gasteiger partial charge in [-0.05, 0) is 17.7 Å². The molecule has 0 radical (unpaired) electrons. The Morgan fingerprint density at radius 3 is 2.57 bits per heavy atom. The Morgan fingerprint density at radius 1 is 1.24 bits per heavy atom. The molecule has 0 fully saturated rings. The number of hydrogen-bond donors (Lipinski definition) is 2. The van der Waals surface area contributed by atoms with Gasteiger partial charge in [0.15, 0.2) is 0 Å². The third-order valence-electron chi connectivity index (χ3n) is 2.47. The van der Waals surface area contributed by atoms with Crippen LogP contribution in [0.1, 0.15) is 18.3 Å². The van der Waals surface area contributed by atoms with Crippen molar-refractivity contribution in [1.82, 2.24) is 9.97 Å². The van der Waals surface area contributed by atoms with Crippen LogP contribution in [0.2, 0.25) is 10.0 Å². The van der Waals surface area contributed by atoms with Crippen molar-refractivity contribution in [3.8, 4) is 17.5 Å². The molecule has 0 saturated carbocycles. The zero-order valence-corrected chi connectivity index (χ0v) is 12.3. The lowest BCUT2D eigenvalue weighted by molar-refractivity contribution is -0.132. The van der Waals surface area contributed by atoms with Gasteiger partial charge in [-0.3, -0.25) is 4.79 Å². The summed E-state index contributed by atoms with van der Waals surface area (Å²) in [4.78, 5) is 18.5. The fourth-order valence-electron chi connectivity index (χ4n) is 1.58. The quantitative estimate of drug-likeness (QED) is 0.841. The lowest BCUT2D eigenvalue weighted by Crippen LogP contribution is -2.06. The first kappa shape index (κ1) is 15.3. The Bertz CT molecular complexity index is 707. The Balaban J connectivity index is 2.33. The van der Waals surface area contributed by atoms with Gasteiger partial charge in [0.1, 0.15) is 5.82 Å². The van der Waals surface area contributed by atoms with E-state index in [0.29, 0.717) is 10.0 Å². The van der Waals surface area contributed by atoms with E-state index in [9.17, 15) is 15.0 Å². The topological polar surface area (TPSA) is 92.5 Å². The molecule has 0 saturated heterocycles. The predicted molar refractivity (Wildman–Crippen MR) is 75.9 cm³/mol. The van der Waals surface area contributed by atoms with Crippen LogP contribution in [-0.4, -0.2) is 26.2 Å². The van der Waals surface area contributed by atoms with Crippen LogP contribution in [-0.2, 0) is 11.2 Å². The minimum absolute atomic E-state index is 0.153. The van der Waals surface area contributed by atoms with Gasteiger partial charge in [0, 0.05) is 13.3 Å². The lowest BCUT2D eigenvalue weighted by Gasteiger charge is -2.07. The number of nitrogens with zero attached hydrogens (tertiary/aromatic N) is 2. The van der Waals surface area contributed by atoms with E-state index in [1.807, 2.05) is 0 Å². The molecule has 0 aliphatic rings. The molecule has 0 amide bonds. The average Bonchev–Trinajstić information content (AvgIpc) is 2.39. The Kier molecular flexibility index (Phi) is 4.50. The van der Waals surface area contributed by atoms with E-state index in [1.54, 1.807) is 18.2 Å². The van der Waals surface area contributed by atoms with Crippen molar-refractivity contribution >= 4 is 29.2 Å². The maximum atomic E-state index is 10.9. The number of hydrogen-bond acceptors (Lipinski definition) is 6. The van der Waals surface area contributed by atoms with E-state index >= 15 is 0 Å². The first-order valence-corrected chi connectivity index (χ1v) is 6.53. The summed E-state index contributed by atoms with van der Waals surface area (Å²) >= 11 is 11.7. The fourth-order valence-corrected chi connectivity index (χ4v) is 1.91. The summed E-state index contributed by atoms with van der Waals surface area (Å²) in [7, 11) is 0. The zero-order chi connectivity index (χ0) is 15.6. The van der Waals surface area contributed by atoms with Gasteiger partial charge in [-0.25, -0.2) is 0 Å². The summed E-state index contributed by atoms with van der Waals surface area (Å²) in [6, 6.07) is 4.96. The van der Waals surface area contributed by atoms with Crippen LogP contribution < -0.4 is 4.74 Å². The summed E-state index contributed by atoms with van der Waals surface area (Å²) in [6.45, 7) is 1.15. The number of benzene rings is 1. The number of carbonyl (C=O) groups excluding carboxylic acids is 1. The molecule has 6 nitrogen and oxygen atoms in total. The first-order valence-electron chi connectivity index (χ1n) is 5.78. The second-order valence-electron chi connectivity index (χ2n) is 4.14. The number of halogens is 2. The third kappa shape index (κ3) is 3.74. The van der Waals surface area contributed by atoms with Crippen LogP contribution in [0.25, 0.3) is 0 Å². The van der Waals surface area contributed by atoms with E-state index in [2.05, 4.69) is 9.97 Å². The number of rotatable bonds is 3. The molecule has 2 rings (SSSR count). The van der Waals surface area contributed by atoms with Crippen molar-refractivity contribution < 1.29 is 19.7 Å². The van der Waals surface area contributed by atoms with E-state index in [-0.39, 0.29) is 12.2 Å². The van der Waals surface area contributed by atoms with Crippen molar-refractivity contribution in [1.29, 1.82) is 0 Å². The van der Waals surface area contributed by atoms with Gasteiger partial charge in [-0.1, -0.05) is 29.3 Å². The SMILES string of the molecule is CC(=O)Oc1nc(Cc2ccc(Cl)c(Cl)c2)nc(O)c1O. The van der Waals surface area contributed by atoms with Crippen molar-refractivity contribution in [3.05, 3.63) is 39.6 Å². The van der Waals surface area contributed by atoms with Gasteiger partial charge < -0.3 is 14.9 Å². The summed E-state index contributed by atoms with van der Waals surface area (Å²) in [5.41, 5.74) is 0.739. The normalized spacial score (nSPS) is 10.4. The molecule has 0 aliphatic heterocycles. The van der Waals surface area contributed by atoms with Crippen LogP contribution in [0.5, 0.6) is 17.5 Å². The highest BCUT2D eigenvalue weighted by Gasteiger charge is 2.16. The predicted octanol–water partition coefficient (Wildman–Crippen LogP) is 2.71. The third-order valence-corrected chi connectivity index (χ3v) is 3.21. The minimum atomic E-state index is -0.692. The molecule has 0 spiro atoms. The summed E-state index contributed by atoms with van der Waals surface area (Å²) in [5.74, 6) is -2.28. The van der Waals surface area contributed by atoms with Crippen molar-refractivity contribution in [3.63, 3.8) is 0 Å². The van der Waals surface area contributed by atoms with Crippen LogP contribution in [0.4, 0.5) is 0 Å². The van der Waals surface area contributed by atoms with E-state index < -0.39 is 23.5 Å². The van der Waals surface area contributed by atoms with E-state index in [4.69, 9.17) is 27.9 Å². The van der Waals surface area contributed by atoms with E-state index in [1.165, 1.54) is 0 Å². The van der Waals surface area contributed by atoms with Gasteiger partial charge in [0.25, 0.3) is 11.8 Å². The van der Waals surface area contributed by atoms with Crippen LogP contribution in [0.3, 0.4) is 0 Å². The molecule has 2 N–H and O–H groups in total. The second kappa shape index (κ2) is 6.15. The second-order valence-corrected chi connectivity index (χ2v) is 4.95. The molecule has 8 heteroatoms. The van der Waals surface area contributed by atoms with Gasteiger partial charge in [0.05, 0.1) is 10.0 Å². The average molecular weight is 329 g/mol. The number of aromatic nitrogens is 2. The van der Waals surface area contributed by atoms with Crippen molar-refractivity contribution in [2.45, 2.75) is 13.3 Å². The van der Waals surface area contributed by atoms with Gasteiger partial charge in [0.2, 0.25) is 5.75 Å². The van der Waals surface area contributed by atoms with Crippen molar-refractivity contribution in [2.24, 2.45) is 0 Å². The Labute approximate surface area is 129 Å². The highest BCUT2D eigenvalue weighted by molar-refractivity contribution is 6.42. The maximum Gasteiger partial charge on any atom is 0.309 e. The van der Waals surface area contributed by atoms with Crippen LogP contribution in [0.15, 0.2) is 18.2 Å². The molecule has 0 aliphatic carbocycles. The fraction of sp³-hybridized carbons (Fsp3) is 0.154. The van der Waals surface area contributed by atoms with Crippen molar-refractivity contribution in [2.75, 3.05) is 0 Å². The molecule has 1 aromatic carbocycles. The molecule has 0 unspecified atom stereocenters. The van der Waals surface area contributed by atoms with Gasteiger partial charge in [-0.2, -0.15) is 9.97 Å². The highest BCUT2D eigenvalue weighted by Crippen LogP contribution is 2.32. The Hall–Kier alpha value is -2.05.